The zero-order chi connectivity index (χ0) is 19.9. The monoisotopic (exact) mass is 419 g/mol. The number of imide groups is 1. The third kappa shape index (κ3) is 5.93. The number of thioether (sulfide) groups is 1. The van der Waals surface area contributed by atoms with Gasteiger partial charge in [-0.25, -0.2) is 4.79 Å². The molecule has 3 rings (SSSR count). The average Bonchev–Trinajstić information content (AvgIpc) is 3.11. The highest BCUT2D eigenvalue weighted by atomic mass is 32.2. The van der Waals surface area contributed by atoms with Gasteiger partial charge in [-0.1, -0.05) is 60.6 Å². The molecule has 0 radical (unpaired) electrons. The van der Waals surface area contributed by atoms with E-state index < -0.39 is 11.3 Å². The summed E-state index contributed by atoms with van der Waals surface area (Å²) in [6.07, 6.45) is 5.43. The first-order chi connectivity index (χ1) is 13.5. The van der Waals surface area contributed by atoms with E-state index in [1.807, 2.05) is 31.2 Å². The number of amides is 3. The molecule has 7 nitrogen and oxygen atoms in total. The first kappa shape index (κ1) is 20.6. The Morgan fingerprint density at radius 1 is 1.18 bits per heavy atom. The van der Waals surface area contributed by atoms with E-state index >= 15 is 0 Å². The van der Waals surface area contributed by atoms with Crippen molar-refractivity contribution in [3.63, 3.8) is 0 Å². The largest absolute Gasteiger partial charge is 0.335 e. The van der Waals surface area contributed by atoms with Crippen molar-refractivity contribution >= 4 is 45.9 Å². The molecule has 0 spiro atoms. The van der Waals surface area contributed by atoms with Gasteiger partial charge in [-0.15, -0.1) is 10.2 Å². The Morgan fingerprint density at radius 3 is 2.68 bits per heavy atom. The van der Waals surface area contributed by atoms with Crippen LogP contribution in [-0.2, 0) is 4.79 Å². The van der Waals surface area contributed by atoms with Crippen molar-refractivity contribution in [2.24, 2.45) is 0 Å². The van der Waals surface area contributed by atoms with Gasteiger partial charge < -0.3 is 10.6 Å². The van der Waals surface area contributed by atoms with Gasteiger partial charge in [0, 0.05) is 11.7 Å². The van der Waals surface area contributed by atoms with Crippen LogP contribution in [-0.4, -0.2) is 33.4 Å². The first-order valence-electron chi connectivity index (χ1n) is 9.45. The fourth-order valence-electron chi connectivity index (χ4n) is 3.02. The minimum Gasteiger partial charge on any atom is -0.335 e. The Balaban J connectivity index is 1.48. The Kier molecular flexibility index (Phi) is 7.27. The van der Waals surface area contributed by atoms with Gasteiger partial charge in [-0.3, -0.25) is 10.1 Å². The Labute approximate surface area is 173 Å². The second-order valence-corrected chi connectivity index (χ2v) is 9.44. The summed E-state index contributed by atoms with van der Waals surface area (Å²) in [5.74, 6) is -0.332. The second kappa shape index (κ2) is 9.88. The number of urea groups is 1. The maximum atomic E-state index is 12.3. The van der Waals surface area contributed by atoms with Crippen molar-refractivity contribution < 1.29 is 9.59 Å². The summed E-state index contributed by atoms with van der Waals surface area (Å²) in [7, 11) is 0. The predicted molar refractivity (Wildman–Crippen MR) is 113 cm³/mol. The molecule has 0 saturated heterocycles. The Hall–Kier alpha value is -2.13. The van der Waals surface area contributed by atoms with E-state index in [0.29, 0.717) is 9.47 Å². The predicted octanol–water partition coefficient (Wildman–Crippen LogP) is 4.23. The minimum atomic E-state index is -0.448. The molecule has 3 amide bonds. The average molecular weight is 420 g/mol. The molecule has 2 aromatic rings. The molecule has 0 unspecified atom stereocenters. The summed E-state index contributed by atoms with van der Waals surface area (Å²) in [5, 5.41) is 17.0. The lowest BCUT2D eigenvalue weighted by atomic mass is 9.96. The summed E-state index contributed by atoms with van der Waals surface area (Å²) in [6, 6.07) is 7.68. The molecule has 3 N–H and O–H groups in total. The van der Waals surface area contributed by atoms with Crippen LogP contribution in [0.1, 0.15) is 44.6 Å². The molecule has 1 aliphatic rings. The number of nitrogens with zero attached hydrogens (tertiary/aromatic N) is 2. The number of anilines is 2. The minimum absolute atomic E-state index is 0.169. The number of carbonyl (C=O) groups excluding carboxylic acids is 2. The Bertz CT molecular complexity index is 820. The van der Waals surface area contributed by atoms with E-state index in [2.05, 4.69) is 26.1 Å². The fourth-order valence-corrected chi connectivity index (χ4v) is 4.93. The van der Waals surface area contributed by atoms with Crippen molar-refractivity contribution in [1.82, 2.24) is 20.8 Å². The summed E-state index contributed by atoms with van der Waals surface area (Å²) in [6.45, 7) is 3.77. The van der Waals surface area contributed by atoms with Gasteiger partial charge in [0.1, 0.15) is 0 Å². The lowest BCUT2D eigenvalue weighted by Gasteiger charge is -2.22. The highest BCUT2D eigenvalue weighted by molar-refractivity contribution is 8.02. The van der Waals surface area contributed by atoms with E-state index in [1.54, 1.807) is 6.92 Å². The molecule has 0 aliphatic heterocycles. The number of para-hydroxylation sites is 1. The van der Waals surface area contributed by atoms with E-state index in [-0.39, 0.29) is 11.9 Å². The molecule has 1 atom stereocenters. The highest BCUT2D eigenvalue weighted by Crippen LogP contribution is 2.31. The zero-order valence-electron chi connectivity index (χ0n) is 16.0. The van der Waals surface area contributed by atoms with Crippen LogP contribution < -0.4 is 16.0 Å². The lowest BCUT2D eigenvalue weighted by Crippen LogP contribution is -2.47. The molecule has 28 heavy (non-hydrogen) atoms. The van der Waals surface area contributed by atoms with Gasteiger partial charge >= 0.3 is 6.03 Å². The molecule has 9 heteroatoms. The van der Waals surface area contributed by atoms with Gasteiger partial charge in [-0.05, 0) is 38.3 Å². The number of nitrogens with one attached hydrogen (secondary N) is 3. The van der Waals surface area contributed by atoms with Crippen LogP contribution in [0.15, 0.2) is 28.6 Å². The quantitative estimate of drug-likeness (QED) is 0.607. The third-order valence-electron chi connectivity index (χ3n) is 4.62. The Morgan fingerprint density at radius 2 is 1.93 bits per heavy atom. The summed E-state index contributed by atoms with van der Waals surface area (Å²) in [5.41, 5.74) is 2.09. The standard InChI is InChI=1S/C19H25N5O2S2/c1-12-8-6-7-11-15(12)21-18-23-24-19(28-18)27-13(2)16(25)22-17(26)20-14-9-4-3-5-10-14/h6-8,11,13-14H,3-5,9-10H2,1-2H3,(H,21,23)(H2,20,22,25,26)/t13-/m1/s1. The molecule has 0 bridgehead atoms. The molecule has 1 aromatic carbocycles. The van der Waals surface area contributed by atoms with Gasteiger partial charge in [0.15, 0.2) is 4.34 Å². The summed E-state index contributed by atoms with van der Waals surface area (Å²) >= 11 is 2.67. The van der Waals surface area contributed by atoms with Crippen molar-refractivity contribution in [2.45, 2.75) is 61.6 Å². The normalized spacial score (nSPS) is 15.6. The first-order valence-corrected chi connectivity index (χ1v) is 11.1. The summed E-state index contributed by atoms with van der Waals surface area (Å²) < 4.78 is 0.673. The maximum Gasteiger partial charge on any atom is 0.321 e. The zero-order valence-corrected chi connectivity index (χ0v) is 17.7. The second-order valence-electron chi connectivity index (χ2n) is 6.87. The third-order valence-corrected chi connectivity index (χ3v) is 6.64. The van der Waals surface area contributed by atoms with Crippen LogP contribution in [0.4, 0.5) is 15.6 Å². The van der Waals surface area contributed by atoms with Crippen molar-refractivity contribution in [1.29, 1.82) is 0 Å². The van der Waals surface area contributed by atoms with E-state index in [1.165, 1.54) is 29.5 Å². The molecule has 150 valence electrons. The number of carbonyl (C=O) groups is 2. The number of benzene rings is 1. The maximum absolute atomic E-state index is 12.3. The molecule has 1 aliphatic carbocycles. The topological polar surface area (TPSA) is 96.0 Å². The molecule has 1 saturated carbocycles. The molecule has 1 aromatic heterocycles. The number of rotatable bonds is 6. The number of aromatic nitrogens is 2. The van der Waals surface area contributed by atoms with Crippen molar-refractivity contribution in [2.75, 3.05) is 5.32 Å². The highest BCUT2D eigenvalue weighted by Gasteiger charge is 2.21. The number of hydrogen-bond acceptors (Lipinski definition) is 7. The van der Waals surface area contributed by atoms with Crippen LogP contribution in [0, 0.1) is 6.92 Å². The van der Waals surface area contributed by atoms with E-state index in [0.717, 1.165) is 36.9 Å². The van der Waals surface area contributed by atoms with Crippen LogP contribution in [0.25, 0.3) is 0 Å². The van der Waals surface area contributed by atoms with Crippen LogP contribution >= 0.6 is 23.1 Å². The smallest absolute Gasteiger partial charge is 0.321 e. The number of aryl methyl sites for hydroxylation is 1. The number of hydrogen-bond donors (Lipinski definition) is 3. The van der Waals surface area contributed by atoms with Crippen LogP contribution in [0.2, 0.25) is 0 Å². The van der Waals surface area contributed by atoms with Crippen LogP contribution in [0.5, 0.6) is 0 Å². The van der Waals surface area contributed by atoms with E-state index in [4.69, 9.17) is 0 Å². The van der Waals surface area contributed by atoms with Crippen molar-refractivity contribution in [3.8, 4) is 0 Å². The molecular weight excluding hydrogens is 394 g/mol. The molecule has 1 fully saturated rings. The van der Waals surface area contributed by atoms with E-state index in [9.17, 15) is 9.59 Å². The van der Waals surface area contributed by atoms with Gasteiger partial charge in [0.25, 0.3) is 0 Å². The van der Waals surface area contributed by atoms with Gasteiger partial charge in [0.05, 0.1) is 5.25 Å². The SMILES string of the molecule is Cc1ccccc1Nc1nnc(S[C@H](C)C(=O)NC(=O)NC2CCCCC2)s1. The van der Waals surface area contributed by atoms with Gasteiger partial charge in [0.2, 0.25) is 11.0 Å². The van der Waals surface area contributed by atoms with Gasteiger partial charge in [-0.2, -0.15) is 0 Å². The van der Waals surface area contributed by atoms with Crippen molar-refractivity contribution in [3.05, 3.63) is 29.8 Å². The van der Waals surface area contributed by atoms with Crippen LogP contribution in [0.3, 0.4) is 0 Å². The fraction of sp³-hybridized carbons (Fsp3) is 0.474. The lowest BCUT2D eigenvalue weighted by molar-refractivity contribution is -0.119. The molecular formula is C19H25N5O2S2. The summed E-state index contributed by atoms with van der Waals surface area (Å²) in [4.78, 5) is 24.3. The molecule has 1 heterocycles.